The van der Waals surface area contributed by atoms with Gasteiger partial charge in [0.25, 0.3) is 0 Å². The van der Waals surface area contributed by atoms with Gasteiger partial charge in [-0.25, -0.2) is 0 Å². The van der Waals surface area contributed by atoms with E-state index < -0.39 is 0 Å². The van der Waals surface area contributed by atoms with E-state index in [0.717, 1.165) is 31.6 Å². The molecule has 0 radical (unpaired) electrons. The van der Waals surface area contributed by atoms with E-state index in [0.29, 0.717) is 0 Å². The molecule has 0 spiro atoms. The zero-order valence-corrected chi connectivity index (χ0v) is 10.9. The largest absolute Gasteiger partial charge is 0.311 e. The highest BCUT2D eigenvalue weighted by molar-refractivity contribution is 5.17. The van der Waals surface area contributed by atoms with Crippen LogP contribution in [0.1, 0.15) is 23.2 Å². The molecule has 0 atom stereocenters. The molecule has 0 saturated carbocycles. The lowest BCUT2D eigenvalue weighted by Crippen LogP contribution is -2.16. The molecule has 0 aliphatic rings. The second-order valence-corrected chi connectivity index (χ2v) is 4.53. The number of hydrogen-bond donors (Lipinski definition) is 1. The van der Waals surface area contributed by atoms with Gasteiger partial charge in [-0.2, -0.15) is 0 Å². The Labute approximate surface area is 109 Å². The predicted molar refractivity (Wildman–Crippen MR) is 75.4 cm³/mol. The summed E-state index contributed by atoms with van der Waals surface area (Å²) in [6, 6.07) is 14.7. The van der Waals surface area contributed by atoms with E-state index in [-0.39, 0.29) is 0 Å². The van der Waals surface area contributed by atoms with Gasteiger partial charge in [-0.05, 0) is 43.5 Å². The number of rotatable bonds is 6. The fraction of sp³-hybridized carbons (Fsp3) is 0.312. The lowest BCUT2D eigenvalue weighted by atomic mass is 10.1. The van der Waals surface area contributed by atoms with E-state index >= 15 is 0 Å². The summed E-state index contributed by atoms with van der Waals surface area (Å²) in [5.41, 5.74) is 3.82. The van der Waals surface area contributed by atoms with Crippen LogP contribution >= 0.6 is 0 Å². The van der Waals surface area contributed by atoms with Crippen LogP contribution in [-0.2, 0) is 13.0 Å². The Balaban J connectivity index is 1.66. The molecule has 2 aromatic rings. The molecule has 0 bridgehead atoms. The molecule has 0 amide bonds. The number of nitrogens with one attached hydrogen (secondary N) is 1. The summed E-state index contributed by atoms with van der Waals surface area (Å²) < 4.78 is 0. The predicted octanol–water partition coefficient (Wildman–Crippen LogP) is 3.11. The highest BCUT2D eigenvalue weighted by Gasteiger charge is 1.97. The average Bonchev–Trinajstić information content (AvgIpc) is 2.42. The Kier molecular flexibility index (Phi) is 4.91. The summed E-state index contributed by atoms with van der Waals surface area (Å²) in [7, 11) is 0. The van der Waals surface area contributed by atoms with Gasteiger partial charge in [-0.15, -0.1) is 0 Å². The van der Waals surface area contributed by atoms with Gasteiger partial charge >= 0.3 is 0 Å². The third-order valence-electron chi connectivity index (χ3n) is 3.07. The minimum atomic E-state index is 0.863. The zero-order chi connectivity index (χ0) is 12.6. The van der Waals surface area contributed by atoms with Crippen LogP contribution in [0.5, 0.6) is 0 Å². The Morgan fingerprint density at radius 2 is 1.89 bits per heavy atom. The molecule has 2 heteroatoms. The molecule has 0 unspecified atom stereocenters. The van der Waals surface area contributed by atoms with E-state index in [1.165, 1.54) is 11.1 Å². The topological polar surface area (TPSA) is 24.9 Å². The van der Waals surface area contributed by atoms with Crippen LogP contribution in [0.15, 0.2) is 48.7 Å². The standard InChI is InChI=1S/C16H20N2/c1-14-7-5-12-18-16(14)13-17-11-6-10-15-8-3-2-4-9-15/h2-5,7-9,12,17H,6,10-11,13H2,1H3. The normalized spacial score (nSPS) is 10.5. The van der Waals surface area contributed by atoms with Gasteiger partial charge in [0.15, 0.2) is 0 Å². The number of pyridine rings is 1. The molecule has 94 valence electrons. The van der Waals surface area contributed by atoms with E-state index in [4.69, 9.17) is 0 Å². The van der Waals surface area contributed by atoms with E-state index in [1.807, 2.05) is 12.3 Å². The van der Waals surface area contributed by atoms with E-state index in [1.54, 1.807) is 0 Å². The van der Waals surface area contributed by atoms with Gasteiger partial charge < -0.3 is 5.32 Å². The molecule has 0 aliphatic heterocycles. The molecule has 2 rings (SSSR count). The number of aryl methyl sites for hydroxylation is 2. The molecule has 2 nitrogen and oxygen atoms in total. The monoisotopic (exact) mass is 240 g/mol. The minimum absolute atomic E-state index is 0.863. The van der Waals surface area contributed by atoms with Crippen molar-refractivity contribution in [2.45, 2.75) is 26.3 Å². The maximum Gasteiger partial charge on any atom is 0.0570 e. The molecule has 1 aromatic heterocycles. The first-order valence-electron chi connectivity index (χ1n) is 6.51. The molecule has 18 heavy (non-hydrogen) atoms. The number of benzene rings is 1. The summed E-state index contributed by atoms with van der Waals surface area (Å²) in [5, 5.41) is 3.45. The number of nitrogens with zero attached hydrogens (tertiary/aromatic N) is 1. The van der Waals surface area contributed by atoms with E-state index in [9.17, 15) is 0 Å². The SMILES string of the molecule is Cc1cccnc1CNCCCc1ccccc1. The average molecular weight is 240 g/mol. The molecule has 0 fully saturated rings. The van der Waals surface area contributed by atoms with Crippen molar-refractivity contribution >= 4 is 0 Å². The Hall–Kier alpha value is -1.67. The molecule has 1 N–H and O–H groups in total. The van der Waals surface area contributed by atoms with Crippen LogP contribution in [0, 0.1) is 6.92 Å². The van der Waals surface area contributed by atoms with Gasteiger partial charge in [0.05, 0.1) is 5.69 Å². The second kappa shape index (κ2) is 6.92. The van der Waals surface area contributed by atoms with Crippen molar-refractivity contribution in [3.05, 3.63) is 65.5 Å². The number of aromatic nitrogens is 1. The summed E-state index contributed by atoms with van der Waals surface area (Å²) >= 11 is 0. The van der Waals surface area contributed by atoms with Gasteiger partial charge in [0.1, 0.15) is 0 Å². The van der Waals surface area contributed by atoms with Crippen LogP contribution in [0.3, 0.4) is 0 Å². The Bertz CT molecular complexity index is 466. The van der Waals surface area contributed by atoms with Gasteiger partial charge in [0, 0.05) is 12.7 Å². The van der Waals surface area contributed by atoms with Crippen molar-refractivity contribution in [1.29, 1.82) is 0 Å². The van der Waals surface area contributed by atoms with Crippen molar-refractivity contribution in [1.82, 2.24) is 10.3 Å². The van der Waals surface area contributed by atoms with Crippen molar-refractivity contribution < 1.29 is 0 Å². The molecule has 1 aromatic carbocycles. The third-order valence-corrected chi connectivity index (χ3v) is 3.07. The number of hydrogen-bond acceptors (Lipinski definition) is 2. The Morgan fingerprint density at radius 1 is 1.06 bits per heavy atom. The quantitative estimate of drug-likeness (QED) is 0.785. The molecule has 0 saturated heterocycles. The van der Waals surface area contributed by atoms with Crippen molar-refractivity contribution in [3.8, 4) is 0 Å². The van der Waals surface area contributed by atoms with Crippen LogP contribution in [0.4, 0.5) is 0 Å². The third kappa shape index (κ3) is 3.97. The molecule has 0 aliphatic carbocycles. The molecule has 1 heterocycles. The van der Waals surface area contributed by atoms with Crippen LogP contribution in [-0.4, -0.2) is 11.5 Å². The summed E-state index contributed by atoms with van der Waals surface area (Å²) in [5.74, 6) is 0. The van der Waals surface area contributed by atoms with Crippen LogP contribution in [0.2, 0.25) is 0 Å². The molecular weight excluding hydrogens is 220 g/mol. The van der Waals surface area contributed by atoms with Gasteiger partial charge in [-0.1, -0.05) is 36.4 Å². The summed E-state index contributed by atoms with van der Waals surface area (Å²) in [6.45, 7) is 4.00. The van der Waals surface area contributed by atoms with Crippen LogP contribution < -0.4 is 5.32 Å². The first kappa shape index (κ1) is 12.8. The lowest BCUT2D eigenvalue weighted by Gasteiger charge is -2.06. The lowest BCUT2D eigenvalue weighted by molar-refractivity contribution is 0.638. The maximum atomic E-state index is 4.37. The first-order chi connectivity index (χ1) is 8.86. The highest BCUT2D eigenvalue weighted by Crippen LogP contribution is 2.03. The fourth-order valence-electron chi connectivity index (χ4n) is 1.97. The smallest absolute Gasteiger partial charge is 0.0570 e. The summed E-state index contributed by atoms with van der Waals surface area (Å²) in [4.78, 5) is 4.37. The van der Waals surface area contributed by atoms with Crippen molar-refractivity contribution in [2.24, 2.45) is 0 Å². The van der Waals surface area contributed by atoms with Gasteiger partial charge in [-0.3, -0.25) is 4.98 Å². The second-order valence-electron chi connectivity index (χ2n) is 4.53. The minimum Gasteiger partial charge on any atom is -0.311 e. The van der Waals surface area contributed by atoms with Crippen molar-refractivity contribution in [2.75, 3.05) is 6.54 Å². The zero-order valence-electron chi connectivity index (χ0n) is 10.9. The maximum absolute atomic E-state index is 4.37. The van der Waals surface area contributed by atoms with Crippen LogP contribution in [0.25, 0.3) is 0 Å². The summed E-state index contributed by atoms with van der Waals surface area (Å²) in [6.07, 6.45) is 4.15. The van der Waals surface area contributed by atoms with E-state index in [2.05, 4.69) is 53.6 Å². The Morgan fingerprint density at radius 3 is 2.67 bits per heavy atom. The highest BCUT2D eigenvalue weighted by atomic mass is 14.9. The fourth-order valence-corrected chi connectivity index (χ4v) is 1.97. The molecular formula is C16H20N2. The van der Waals surface area contributed by atoms with Crippen molar-refractivity contribution in [3.63, 3.8) is 0 Å². The first-order valence-corrected chi connectivity index (χ1v) is 6.51. The van der Waals surface area contributed by atoms with Gasteiger partial charge in [0.2, 0.25) is 0 Å².